The second kappa shape index (κ2) is 7.74. The second-order valence-electron chi connectivity index (χ2n) is 7.00. The third-order valence-corrected chi connectivity index (χ3v) is 5.21. The fourth-order valence-corrected chi connectivity index (χ4v) is 3.68. The van der Waals surface area contributed by atoms with E-state index in [9.17, 15) is 4.79 Å². The lowest BCUT2D eigenvalue weighted by molar-refractivity contribution is -0.120. The minimum atomic E-state index is -0.0445. The molecule has 5 nitrogen and oxygen atoms in total. The highest BCUT2D eigenvalue weighted by molar-refractivity contribution is 5.93. The Hall–Kier alpha value is -2.95. The first-order valence-electron chi connectivity index (χ1n) is 9.60. The number of hydrogen-bond donors (Lipinski definition) is 1. The van der Waals surface area contributed by atoms with Gasteiger partial charge in [-0.15, -0.1) is 0 Å². The van der Waals surface area contributed by atoms with Crippen LogP contribution in [-0.2, 0) is 11.2 Å². The fraction of sp³-hybridized carbons (Fsp3) is 0.318. The van der Waals surface area contributed by atoms with Gasteiger partial charge in [-0.25, -0.2) is 4.98 Å². The number of rotatable bonds is 4. The Morgan fingerprint density at radius 2 is 1.93 bits per heavy atom. The summed E-state index contributed by atoms with van der Waals surface area (Å²) >= 11 is 0. The van der Waals surface area contributed by atoms with Crippen LogP contribution in [0.25, 0.3) is 11.0 Å². The molecule has 1 fully saturated rings. The number of nitrogens with one attached hydrogen (secondary N) is 1. The van der Waals surface area contributed by atoms with Crippen LogP contribution in [0.2, 0.25) is 0 Å². The molecule has 0 radical (unpaired) electrons. The first kappa shape index (κ1) is 17.5. The van der Waals surface area contributed by atoms with E-state index in [4.69, 9.17) is 4.98 Å². The maximum absolute atomic E-state index is 12.9. The van der Waals surface area contributed by atoms with Crippen molar-refractivity contribution in [3.05, 3.63) is 60.3 Å². The van der Waals surface area contributed by atoms with Crippen LogP contribution in [0.1, 0.15) is 25.3 Å². The molecule has 0 unspecified atom stereocenters. The number of para-hydroxylation sites is 3. The van der Waals surface area contributed by atoms with E-state index in [1.165, 1.54) is 5.56 Å². The van der Waals surface area contributed by atoms with Gasteiger partial charge < -0.3 is 10.2 Å². The third-order valence-electron chi connectivity index (χ3n) is 5.21. The molecule has 1 amide bonds. The molecule has 0 spiro atoms. The largest absolute Gasteiger partial charge is 0.355 e. The maximum Gasteiger partial charge on any atom is 0.229 e. The van der Waals surface area contributed by atoms with Crippen molar-refractivity contribution in [2.24, 2.45) is 5.92 Å². The highest BCUT2D eigenvalue weighted by Gasteiger charge is 2.27. The van der Waals surface area contributed by atoms with Crippen LogP contribution >= 0.6 is 0 Å². The Morgan fingerprint density at radius 1 is 1.15 bits per heavy atom. The molecule has 5 heteroatoms. The zero-order valence-electron chi connectivity index (χ0n) is 15.6. The summed E-state index contributed by atoms with van der Waals surface area (Å²) in [5.74, 6) is 0.895. The summed E-state index contributed by atoms with van der Waals surface area (Å²) in [5, 5.41) is 3.13. The number of nitrogens with zero attached hydrogens (tertiary/aromatic N) is 3. The van der Waals surface area contributed by atoms with Gasteiger partial charge in [0.1, 0.15) is 5.82 Å². The molecule has 138 valence electrons. The molecule has 27 heavy (non-hydrogen) atoms. The summed E-state index contributed by atoms with van der Waals surface area (Å²) in [6.45, 7) is 3.68. The standard InChI is InChI=1S/C22H24N4O/c1-2-16-8-3-4-10-18(16)25-22(27)17-9-7-13-26(15-17)21-14-23-19-11-5-6-12-20(19)24-21/h3-6,8,10-12,14,17H,2,7,9,13,15H2,1H3,(H,25,27)/t17-/m1/s1. The van der Waals surface area contributed by atoms with Gasteiger partial charge in [0.25, 0.3) is 0 Å². The lowest BCUT2D eigenvalue weighted by atomic mass is 9.96. The van der Waals surface area contributed by atoms with Crippen LogP contribution in [0.15, 0.2) is 54.7 Å². The van der Waals surface area contributed by atoms with Gasteiger partial charge in [-0.2, -0.15) is 0 Å². The average molecular weight is 360 g/mol. The van der Waals surface area contributed by atoms with Gasteiger partial charge in [0.05, 0.1) is 23.1 Å². The topological polar surface area (TPSA) is 58.1 Å². The number of carbonyl (C=O) groups is 1. The summed E-state index contributed by atoms with van der Waals surface area (Å²) in [5.41, 5.74) is 3.87. The lowest BCUT2D eigenvalue weighted by Gasteiger charge is -2.32. The van der Waals surface area contributed by atoms with E-state index >= 15 is 0 Å². The Balaban J connectivity index is 1.49. The smallest absolute Gasteiger partial charge is 0.229 e. The molecule has 1 atom stereocenters. The van der Waals surface area contributed by atoms with E-state index in [0.29, 0.717) is 6.54 Å². The Morgan fingerprint density at radius 3 is 2.78 bits per heavy atom. The molecule has 2 heterocycles. The number of amides is 1. The van der Waals surface area contributed by atoms with Gasteiger partial charge in [0, 0.05) is 18.8 Å². The second-order valence-corrected chi connectivity index (χ2v) is 7.00. The van der Waals surface area contributed by atoms with Gasteiger partial charge in [-0.1, -0.05) is 37.3 Å². The highest BCUT2D eigenvalue weighted by Crippen LogP contribution is 2.24. The number of benzene rings is 2. The van der Waals surface area contributed by atoms with Crippen LogP contribution in [0, 0.1) is 5.92 Å². The van der Waals surface area contributed by atoms with E-state index in [2.05, 4.69) is 28.2 Å². The number of hydrogen-bond acceptors (Lipinski definition) is 4. The highest BCUT2D eigenvalue weighted by atomic mass is 16.1. The zero-order valence-corrected chi connectivity index (χ0v) is 15.6. The predicted molar refractivity (Wildman–Crippen MR) is 109 cm³/mol. The molecule has 4 rings (SSSR count). The average Bonchev–Trinajstić information content (AvgIpc) is 2.74. The molecule has 2 aromatic carbocycles. The number of anilines is 2. The molecule has 1 aromatic heterocycles. The SMILES string of the molecule is CCc1ccccc1NC(=O)[C@@H]1CCCN(c2cnc3ccccc3n2)C1. The summed E-state index contributed by atoms with van der Waals surface area (Å²) in [6.07, 6.45) is 4.59. The first-order chi connectivity index (χ1) is 13.2. The van der Waals surface area contributed by atoms with Crippen molar-refractivity contribution in [2.45, 2.75) is 26.2 Å². The minimum Gasteiger partial charge on any atom is -0.355 e. The molecular weight excluding hydrogens is 336 g/mol. The Labute approximate surface area is 159 Å². The van der Waals surface area contributed by atoms with Gasteiger partial charge in [-0.3, -0.25) is 9.78 Å². The molecule has 1 aliphatic heterocycles. The van der Waals surface area contributed by atoms with E-state index in [-0.39, 0.29) is 11.8 Å². The van der Waals surface area contributed by atoms with Crippen molar-refractivity contribution in [3.8, 4) is 0 Å². The van der Waals surface area contributed by atoms with Gasteiger partial charge in [0.2, 0.25) is 5.91 Å². The van der Waals surface area contributed by atoms with Crippen molar-refractivity contribution in [1.82, 2.24) is 9.97 Å². The zero-order chi connectivity index (χ0) is 18.6. The van der Waals surface area contributed by atoms with E-state index in [0.717, 1.165) is 48.3 Å². The molecule has 1 N–H and O–H groups in total. The van der Waals surface area contributed by atoms with Gasteiger partial charge in [-0.05, 0) is 43.0 Å². The number of fused-ring (bicyclic) bond motifs is 1. The van der Waals surface area contributed by atoms with Crippen LogP contribution in [0.3, 0.4) is 0 Å². The van der Waals surface area contributed by atoms with Crippen molar-refractivity contribution >= 4 is 28.4 Å². The summed E-state index contributed by atoms with van der Waals surface area (Å²) in [7, 11) is 0. The van der Waals surface area contributed by atoms with Crippen LogP contribution in [0.4, 0.5) is 11.5 Å². The van der Waals surface area contributed by atoms with Crippen molar-refractivity contribution < 1.29 is 4.79 Å². The lowest BCUT2D eigenvalue weighted by Crippen LogP contribution is -2.41. The van der Waals surface area contributed by atoms with Crippen LogP contribution in [-0.4, -0.2) is 29.0 Å². The van der Waals surface area contributed by atoms with Crippen molar-refractivity contribution in [1.29, 1.82) is 0 Å². The molecule has 0 saturated carbocycles. The quantitative estimate of drug-likeness (QED) is 0.763. The molecule has 1 saturated heterocycles. The molecule has 1 aliphatic rings. The number of carbonyl (C=O) groups excluding carboxylic acids is 1. The van der Waals surface area contributed by atoms with E-state index in [1.54, 1.807) is 0 Å². The summed E-state index contributed by atoms with van der Waals surface area (Å²) < 4.78 is 0. The maximum atomic E-state index is 12.9. The van der Waals surface area contributed by atoms with Crippen LogP contribution < -0.4 is 10.2 Å². The molecule has 3 aromatic rings. The van der Waals surface area contributed by atoms with Crippen molar-refractivity contribution in [3.63, 3.8) is 0 Å². The number of aryl methyl sites for hydroxylation is 1. The molecular formula is C22H24N4O. The van der Waals surface area contributed by atoms with Crippen molar-refractivity contribution in [2.75, 3.05) is 23.3 Å². The third kappa shape index (κ3) is 3.77. The number of piperidine rings is 1. The minimum absolute atomic E-state index is 0.0445. The monoisotopic (exact) mass is 360 g/mol. The van der Waals surface area contributed by atoms with E-state index in [1.807, 2.05) is 48.7 Å². The first-order valence-corrected chi connectivity index (χ1v) is 9.60. The normalized spacial score (nSPS) is 17.1. The van der Waals surface area contributed by atoms with E-state index < -0.39 is 0 Å². The Bertz CT molecular complexity index is 956. The molecule has 0 aliphatic carbocycles. The van der Waals surface area contributed by atoms with Crippen LogP contribution in [0.5, 0.6) is 0 Å². The van der Waals surface area contributed by atoms with Gasteiger partial charge in [0.15, 0.2) is 0 Å². The predicted octanol–water partition coefficient (Wildman–Crippen LogP) is 4.05. The van der Waals surface area contributed by atoms with Gasteiger partial charge >= 0.3 is 0 Å². The summed E-state index contributed by atoms with van der Waals surface area (Å²) in [4.78, 5) is 24.3. The fourth-order valence-electron chi connectivity index (χ4n) is 3.68. The Kier molecular flexibility index (Phi) is 5.01. The number of aromatic nitrogens is 2. The molecule has 0 bridgehead atoms. The summed E-state index contributed by atoms with van der Waals surface area (Å²) in [6, 6.07) is 15.9.